The zero-order chi connectivity index (χ0) is 16.6. The van der Waals surface area contributed by atoms with E-state index in [1.807, 2.05) is 24.4 Å². The second-order valence-electron chi connectivity index (χ2n) is 5.06. The first-order chi connectivity index (χ1) is 10.9. The molecule has 0 aliphatic rings. The van der Waals surface area contributed by atoms with Gasteiger partial charge in [0.15, 0.2) is 10.7 Å². The molecule has 120 valence electrons. The van der Waals surface area contributed by atoms with Gasteiger partial charge in [-0.15, -0.1) is 11.3 Å². The summed E-state index contributed by atoms with van der Waals surface area (Å²) in [7, 11) is -3.79. The van der Waals surface area contributed by atoms with Gasteiger partial charge in [0.05, 0.1) is 16.4 Å². The average molecular weight is 349 g/mol. The first kappa shape index (κ1) is 15.7. The molecule has 1 aromatic carbocycles. The van der Waals surface area contributed by atoms with E-state index in [0.717, 1.165) is 16.3 Å². The van der Waals surface area contributed by atoms with Crippen LogP contribution in [0.2, 0.25) is 0 Å². The maximum Gasteiger partial charge on any atom is 0.267 e. The van der Waals surface area contributed by atoms with Crippen molar-refractivity contribution >= 4 is 27.0 Å². The van der Waals surface area contributed by atoms with Gasteiger partial charge in [-0.1, -0.05) is 23.4 Å². The number of anilines is 1. The van der Waals surface area contributed by atoms with Crippen molar-refractivity contribution in [1.82, 2.24) is 10.1 Å². The maximum atomic E-state index is 12.7. The van der Waals surface area contributed by atoms with Gasteiger partial charge in [-0.2, -0.15) is 0 Å². The van der Waals surface area contributed by atoms with E-state index < -0.39 is 10.0 Å². The van der Waals surface area contributed by atoms with Crippen LogP contribution in [0.15, 0.2) is 39.1 Å². The van der Waals surface area contributed by atoms with Crippen LogP contribution in [0.1, 0.15) is 16.5 Å². The third-order valence-corrected chi connectivity index (χ3v) is 5.69. The fourth-order valence-electron chi connectivity index (χ4n) is 2.34. The number of nitrogens with zero attached hydrogens (tertiary/aromatic N) is 2. The highest BCUT2D eigenvalue weighted by Crippen LogP contribution is 2.31. The summed E-state index contributed by atoms with van der Waals surface area (Å²) in [5.74, 6) is 0.261. The minimum atomic E-state index is -3.79. The van der Waals surface area contributed by atoms with Gasteiger partial charge in [0.25, 0.3) is 10.0 Å². The number of aryl methyl sites for hydroxylation is 3. The van der Waals surface area contributed by atoms with Gasteiger partial charge >= 0.3 is 0 Å². The summed E-state index contributed by atoms with van der Waals surface area (Å²) in [5.41, 5.74) is 2.27. The van der Waals surface area contributed by atoms with Crippen LogP contribution in [-0.2, 0) is 10.0 Å². The number of hydrogen-bond donors (Lipinski definition) is 1. The van der Waals surface area contributed by atoms with E-state index in [1.54, 1.807) is 26.0 Å². The number of aromatic nitrogens is 2. The summed E-state index contributed by atoms with van der Waals surface area (Å²) in [4.78, 5) is 4.49. The van der Waals surface area contributed by atoms with E-state index in [2.05, 4.69) is 14.9 Å². The third-order valence-electron chi connectivity index (χ3n) is 3.30. The molecule has 0 saturated heterocycles. The zero-order valence-electron chi connectivity index (χ0n) is 12.8. The summed E-state index contributed by atoms with van der Waals surface area (Å²) < 4.78 is 32.9. The number of para-hydroxylation sites is 1. The lowest BCUT2D eigenvalue weighted by atomic mass is 10.1. The van der Waals surface area contributed by atoms with E-state index in [0.29, 0.717) is 11.4 Å². The van der Waals surface area contributed by atoms with E-state index in [4.69, 9.17) is 4.52 Å². The minimum absolute atomic E-state index is 0.0711. The summed E-state index contributed by atoms with van der Waals surface area (Å²) >= 11 is 1.52. The molecule has 0 radical (unpaired) electrons. The molecule has 2 aromatic heterocycles. The topological polar surface area (TPSA) is 85.1 Å². The van der Waals surface area contributed by atoms with Gasteiger partial charge in [-0.25, -0.2) is 13.4 Å². The van der Waals surface area contributed by atoms with Crippen LogP contribution < -0.4 is 4.72 Å². The van der Waals surface area contributed by atoms with Crippen molar-refractivity contribution in [1.29, 1.82) is 0 Å². The summed E-state index contributed by atoms with van der Waals surface area (Å²) in [5, 5.41) is 6.52. The van der Waals surface area contributed by atoms with E-state index in [9.17, 15) is 8.42 Å². The highest BCUT2D eigenvalue weighted by Gasteiger charge is 2.25. The molecular formula is C15H15N3O3S2. The molecule has 23 heavy (non-hydrogen) atoms. The van der Waals surface area contributed by atoms with Gasteiger partial charge in [0, 0.05) is 10.9 Å². The van der Waals surface area contributed by atoms with Crippen LogP contribution in [0.5, 0.6) is 0 Å². The minimum Gasteiger partial charge on any atom is -0.360 e. The third kappa shape index (κ3) is 2.99. The van der Waals surface area contributed by atoms with Crippen molar-refractivity contribution in [3.8, 4) is 11.3 Å². The maximum absolute atomic E-state index is 12.7. The molecule has 0 saturated carbocycles. The fourth-order valence-corrected chi connectivity index (χ4v) is 4.36. The fraction of sp³-hybridized carbons (Fsp3) is 0.200. The Hall–Kier alpha value is -2.19. The predicted octanol–water partition coefficient (Wildman–Crippen LogP) is 3.52. The lowest BCUT2D eigenvalue weighted by Crippen LogP contribution is -2.15. The lowest BCUT2D eigenvalue weighted by Gasteiger charge is -2.11. The van der Waals surface area contributed by atoms with Crippen LogP contribution in [-0.4, -0.2) is 18.6 Å². The molecule has 2 heterocycles. The largest absolute Gasteiger partial charge is 0.360 e. The number of benzene rings is 1. The summed E-state index contributed by atoms with van der Waals surface area (Å²) in [6, 6.07) is 7.16. The van der Waals surface area contributed by atoms with Crippen molar-refractivity contribution in [3.05, 3.63) is 46.1 Å². The number of hydrogen-bond acceptors (Lipinski definition) is 6. The average Bonchev–Trinajstić information content (AvgIpc) is 3.05. The molecular weight excluding hydrogens is 334 g/mol. The van der Waals surface area contributed by atoms with E-state index in [1.165, 1.54) is 11.3 Å². The van der Waals surface area contributed by atoms with Crippen LogP contribution in [0.4, 0.5) is 5.69 Å². The van der Waals surface area contributed by atoms with Crippen molar-refractivity contribution in [2.75, 3.05) is 4.72 Å². The van der Waals surface area contributed by atoms with E-state index >= 15 is 0 Å². The SMILES string of the molecule is Cc1nc(-c2ccccc2NS(=O)(=O)c2c(C)noc2C)cs1. The molecule has 0 atom stereocenters. The molecule has 0 aliphatic heterocycles. The van der Waals surface area contributed by atoms with Gasteiger partial charge < -0.3 is 4.52 Å². The van der Waals surface area contributed by atoms with Gasteiger partial charge in [-0.05, 0) is 26.8 Å². The number of rotatable bonds is 4. The van der Waals surface area contributed by atoms with Crippen molar-refractivity contribution < 1.29 is 12.9 Å². The van der Waals surface area contributed by atoms with Crippen LogP contribution >= 0.6 is 11.3 Å². The quantitative estimate of drug-likeness (QED) is 0.779. The molecule has 1 N–H and O–H groups in total. The standard InChI is InChI=1S/C15H15N3O3S2/c1-9-15(10(2)21-17-9)23(19,20)18-13-7-5-4-6-12(13)14-8-22-11(3)16-14/h4-8,18H,1-3H3. The Bertz CT molecular complexity index is 939. The van der Waals surface area contributed by atoms with Crippen LogP contribution in [0.25, 0.3) is 11.3 Å². The number of nitrogens with one attached hydrogen (secondary N) is 1. The van der Waals surface area contributed by atoms with Gasteiger partial charge in [-0.3, -0.25) is 4.72 Å². The Morgan fingerprint density at radius 2 is 1.91 bits per heavy atom. The highest BCUT2D eigenvalue weighted by molar-refractivity contribution is 7.92. The lowest BCUT2D eigenvalue weighted by molar-refractivity contribution is 0.390. The first-order valence-electron chi connectivity index (χ1n) is 6.85. The number of sulfonamides is 1. The molecule has 3 rings (SSSR count). The van der Waals surface area contributed by atoms with Crippen LogP contribution in [0.3, 0.4) is 0 Å². The Labute approximate surface area is 138 Å². The van der Waals surface area contributed by atoms with Gasteiger partial charge in [0.2, 0.25) is 0 Å². The molecule has 0 spiro atoms. The van der Waals surface area contributed by atoms with Crippen LogP contribution in [0, 0.1) is 20.8 Å². The number of thiazole rings is 1. The molecule has 0 amide bonds. The monoisotopic (exact) mass is 349 g/mol. The molecule has 0 fully saturated rings. The van der Waals surface area contributed by atoms with Crippen molar-refractivity contribution in [3.63, 3.8) is 0 Å². The van der Waals surface area contributed by atoms with E-state index in [-0.39, 0.29) is 10.7 Å². The smallest absolute Gasteiger partial charge is 0.267 e. The molecule has 8 heteroatoms. The highest BCUT2D eigenvalue weighted by atomic mass is 32.2. The second kappa shape index (κ2) is 5.78. The molecule has 0 unspecified atom stereocenters. The van der Waals surface area contributed by atoms with Crippen molar-refractivity contribution in [2.45, 2.75) is 25.7 Å². The second-order valence-corrected chi connectivity index (χ2v) is 7.74. The molecule has 3 aromatic rings. The Morgan fingerprint density at radius 3 is 2.52 bits per heavy atom. The molecule has 0 bridgehead atoms. The predicted molar refractivity (Wildman–Crippen MR) is 89.1 cm³/mol. The molecule has 0 aliphatic carbocycles. The Balaban J connectivity index is 2.04. The Kier molecular flexibility index (Phi) is 3.95. The normalized spacial score (nSPS) is 11.6. The summed E-state index contributed by atoms with van der Waals surface area (Å²) in [6.07, 6.45) is 0. The van der Waals surface area contributed by atoms with Gasteiger partial charge in [0.1, 0.15) is 5.69 Å². The van der Waals surface area contributed by atoms with Crippen molar-refractivity contribution in [2.24, 2.45) is 0 Å². The summed E-state index contributed by atoms with van der Waals surface area (Å²) in [6.45, 7) is 5.08. The molecule has 6 nitrogen and oxygen atoms in total. The Morgan fingerprint density at radius 1 is 1.17 bits per heavy atom. The zero-order valence-corrected chi connectivity index (χ0v) is 14.5. The first-order valence-corrected chi connectivity index (χ1v) is 9.22.